The van der Waals surface area contributed by atoms with E-state index in [4.69, 9.17) is 15.2 Å². The average molecular weight is 302 g/mol. The number of rotatable bonds is 8. The van der Waals surface area contributed by atoms with E-state index < -0.39 is 10.0 Å². The summed E-state index contributed by atoms with van der Waals surface area (Å²) in [5.74, 6) is 0.591. The lowest BCUT2D eigenvalue weighted by atomic mass is 10.2. The van der Waals surface area contributed by atoms with E-state index in [0.29, 0.717) is 30.9 Å². The van der Waals surface area contributed by atoms with Gasteiger partial charge in [-0.1, -0.05) is 0 Å². The van der Waals surface area contributed by atoms with Gasteiger partial charge in [0.1, 0.15) is 5.75 Å². The van der Waals surface area contributed by atoms with Gasteiger partial charge in [0.15, 0.2) is 0 Å². The number of hydrogen-bond donors (Lipinski definition) is 1. The van der Waals surface area contributed by atoms with E-state index in [2.05, 4.69) is 0 Å². The molecule has 0 aliphatic rings. The van der Waals surface area contributed by atoms with Crippen molar-refractivity contribution in [2.75, 3.05) is 34.4 Å². The van der Waals surface area contributed by atoms with Gasteiger partial charge in [0.25, 0.3) is 0 Å². The molecule has 0 unspecified atom stereocenters. The Morgan fingerprint density at radius 1 is 1.30 bits per heavy atom. The number of ether oxygens (including phenoxy) is 2. The molecule has 2 N–H and O–H groups in total. The number of benzene rings is 1. The average Bonchev–Trinajstić information content (AvgIpc) is 2.46. The molecule has 0 fully saturated rings. The molecule has 0 heterocycles. The molecule has 0 amide bonds. The minimum atomic E-state index is -3.51. The van der Waals surface area contributed by atoms with E-state index >= 15 is 0 Å². The Labute approximate surface area is 120 Å². The molecule has 0 radical (unpaired) electrons. The predicted molar refractivity (Wildman–Crippen MR) is 77.2 cm³/mol. The van der Waals surface area contributed by atoms with Crippen molar-refractivity contribution in [3.63, 3.8) is 0 Å². The van der Waals surface area contributed by atoms with Crippen LogP contribution in [0, 0.1) is 0 Å². The van der Waals surface area contributed by atoms with Gasteiger partial charge < -0.3 is 15.2 Å². The third kappa shape index (κ3) is 3.92. The lowest BCUT2D eigenvalue weighted by Crippen LogP contribution is -2.28. The maximum absolute atomic E-state index is 12.4. The molecular formula is C13H22N2O4S. The Balaban J connectivity index is 2.97. The van der Waals surface area contributed by atoms with Gasteiger partial charge in [0, 0.05) is 39.4 Å². The number of nitrogens with zero attached hydrogens (tertiary/aromatic N) is 1. The van der Waals surface area contributed by atoms with Crippen LogP contribution in [0.1, 0.15) is 12.0 Å². The van der Waals surface area contributed by atoms with Gasteiger partial charge in [-0.3, -0.25) is 0 Å². The van der Waals surface area contributed by atoms with Gasteiger partial charge in [-0.15, -0.1) is 0 Å². The minimum absolute atomic E-state index is 0.221. The van der Waals surface area contributed by atoms with Gasteiger partial charge in [-0.25, -0.2) is 12.7 Å². The Bertz CT molecular complexity index is 531. The number of methoxy groups -OCH3 is 2. The molecule has 0 saturated heterocycles. The van der Waals surface area contributed by atoms with E-state index in [-0.39, 0.29) is 11.4 Å². The van der Waals surface area contributed by atoms with Crippen molar-refractivity contribution < 1.29 is 17.9 Å². The fraction of sp³-hybridized carbons (Fsp3) is 0.538. The zero-order valence-electron chi connectivity index (χ0n) is 12.1. The van der Waals surface area contributed by atoms with Crippen molar-refractivity contribution in [2.45, 2.75) is 17.9 Å². The standard InChI is InChI=1S/C13H22N2O4S/c1-15(7-4-8-18-2)20(16,17)12-5-6-13(19-3)11(9-12)10-14/h5-6,9H,4,7-8,10,14H2,1-3H3. The summed E-state index contributed by atoms with van der Waals surface area (Å²) in [6, 6.07) is 4.71. The first kappa shape index (κ1) is 16.9. The van der Waals surface area contributed by atoms with Gasteiger partial charge in [0.2, 0.25) is 10.0 Å². The SMILES string of the molecule is COCCCN(C)S(=O)(=O)c1ccc(OC)c(CN)c1. The van der Waals surface area contributed by atoms with Crippen LogP contribution in [0.15, 0.2) is 23.1 Å². The van der Waals surface area contributed by atoms with Crippen molar-refractivity contribution in [2.24, 2.45) is 5.73 Å². The Hall–Kier alpha value is -1.15. The van der Waals surface area contributed by atoms with Crippen LogP contribution in [0.25, 0.3) is 0 Å². The lowest BCUT2D eigenvalue weighted by Gasteiger charge is -2.18. The number of hydrogen-bond acceptors (Lipinski definition) is 5. The van der Waals surface area contributed by atoms with E-state index in [1.165, 1.54) is 17.5 Å². The zero-order chi connectivity index (χ0) is 15.2. The molecule has 0 spiro atoms. The first-order valence-electron chi connectivity index (χ1n) is 6.29. The second-order valence-electron chi connectivity index (χ2n) is 4.35. The molecule has 1 rings (SSSR count). The van der Waals surface area contributed by atoms with Crippen LogP contribution in [-0.4, -0.2) is 47.1 Å². The molecule has 0 saturated carbocycles. The van der Waals surface area contributed by atoms with Gasteiger partial charge >= 0.3 is 0 Å². The number of nitrogens with two attached hydrogens (primary N) is 1. The largest absolute Gasteiger partial charge is 0.496 e. The number of sulfonamides is 1. The molecule has 6 nitrogen and oxygen atoms in total. The van der Waals surface area contributed by atoms with E-state index in [9.17, 15) is 8.42 Å². The second kappa shape index (κ2) is 7.58. The second-order valence-corrected chi connectivity index (χ2v) is 6.40. The third-order valence-corrected chi connectivity index (χ3v) is 4.85. The van der Waals surface area contributed by atoms with E-state index in [1.54, 1.807) is 26.3 Å². The maximum atomic E-state index is 12.4. The van der Waals surface area contributed by atoms with Crippen molar-refractivity contribution in [3.05, 3.63) is 23.8 Å². The van der Waals surface area contributed by atoms with Crippen molar-refractivity contribution in [3.8, 4) is 5.75 Å². The summed E-state index contributed by atoms with van der Waals surface area (Å²) in [6.07, 6.45) is 0.645. The normalized spacial score (nSPS) is 11.8. The monoisotopic (exact) mass is 302 g/mol. The molecule has 0 bridgehead atoms. The van der Waals surface area contributed by atoms with Crippen LogP contribution in [0.2, 0.25) is 0 Å². The molecule has 0 aromatic heterocycles. The smallest absolute Gasteiger partial charge is 0.242 e. The summed E-state index contributed by atoms with van der Waals surface area (Å²) < 4.78 is 36.2. The molecule has 114 valence electrons. The van der Waals surface area contributed by atoms with Gasteiger partial charge in [0.05, 0.1) is 12.0 Å². The highest BCUT2D eigenvalue weighted by Gasteiger charge is 2.21. The fourth-order valence-corrected chi connectivity index (χ4v) is 3.07. The predicted octanol–water partition coefficient (Wildman–Crippen LogP) is 0.811. The van der Waals surface area contributed by atoms with Crippen LogP contribution in [-0.2, 0) is 21.3 Å². The zero-order valence-corrected chi connectivity index (χ0v) is 12.9. The highest BCUT2D eigenvalue weighted by atomic mass is 32.2. The molecule has 20 heavy (non-hydrogen) atoms. The molecule has 0 aliphatic carbocycles. The summed E-state index contributed by atoms with van der Waals surface area (Å²) in [5, 5.41) is 0. The van der Waals surface area contributed by atoms with Crippen molar-refractivity contribution in [1.82, 2.24) is 4.31 Å². The highest BCUT2D eigenvalue weighted by molar-refractivity contribution is 7.89. The minimum Gasteiger partial charge on any atom is -0.496 e. The van der Waals surface area contributed by atoms with E-state index in [0.717, 1.165) is 0 Å². The molecule has 1 aromatic carbocycles. The van der Waals surface area contributed by atoms with Crippen LogP contribution >= 0.6 is 0 Å². The lowest BCUT2D eigenvalue weighted by molar-refractivity contribution is 0.189. The Morgan fingerprint density at radius 3 is 2.55 bits per heavy atom. The van der Waals surface area contributed by atoms with E-state index in [1.807, 2.05) is 0 Å². The molecule has 0 aliphatic heterocycles. The first-order chi connectivity index (χ1) is 9.47. The van der Waals surface area contributed by atoms with Crippen LogP contribution in [0.5, 0.6) is 5.75 Å². The molecule has 0 atom stereocenters. The van der Waals surface area contributed by atoms with Crippen LogP contribution < -0.4 is 10.5 Å². The summed E-state index contributed by atoms with van der Waals surface area (Å²) in [7, 11) is 1.16. The maximum Gasteiger partial charge on any atom is 0.242 e. The quantitative estimate of drug-likeness (QED) is 0.719. The third-order valence-electron chi connectivity index (χ3n) is 3.00. The molecular weight excluding hydrogens is 280 g/mol. The molecule has 1 aromatic rings. The van der Waals surface area contributed by atoms with Crippen molar-refractivity contribution >= 4 is 10.0 Å². The van der Waals surface area contributed by atoms with Gasteiger partial charge in [-0.05, 0) is 24.6 Å². The summed E-state index contributed by atoms with van der Waals surface area (Å²) in [6.45, 7) is 1.15. The fourth-order valence-electron chi connectivity index (χ4n) is 1.81. The Kier molecular flexibility index (Phi) is 6.41. The summed E-state index contributed by atoms with van der Waals surface area (Å²) >= 11 is 0. The summed E-state index contributed by atoms with van der Waals surface area (Å²) in [4.78, 5) is 0.221. The Morgan fingerprint density at radius 2 is 2.00 bits per heavy atom. The van der Waals surface area contributed by atoms with Crippen LogP contribution in [0.4, 0.5) is 0 Å². The first-order valence-corrected chi connectivity index (χ1v) is 7.73. The highest BCUT2D eigenvalue weighted by Crippen LogP contribution is 2.23. The van der Waals surface area contributed by atoms with Crippen LogP contribution in [0.3, 0.4) is 0 Å². The van der Waals surface area contributed by atoms with Crippen molar-refractivity contribution in [1.29, 1.82) is 0 Å². The van der Waals surface area contributed by atoms with Gasteiger partial charge in [-0.2, -0.15) is 0 Å². The topological polar surface area (TPSA) is 81.9 Å². The summed E-state index contributed by atoms with van der Waals surface area (Å²) in [5.41, 5.74) is 6.27. The molecule has 7 heteroatoms.